The van der Waals surface area contributed by atoms with Crippen LogP contribution in [0.4, 0.5) is 0 Å². The van der Waals surface area contributed by atoms with Crippen molar-refractivity contribution in [2.24, 2.45) is 0 Å². The van der Waals surface area contributed by atoms with Gasteiger partial charge in [0.25, 0.3) is 0 Å². The molecule has 2 heterocycles. The van der Waals surface area contributed by atoms with Crippen LogP contribution in [-0.2, 0) is 12.8 Å². The average molecular weight is 348 g/mol. The van der Waals surface area contributed by atoms with Crippen molar-refractivity contribution in [3.05, 3.63) is 48.3 Å². The number of hydrogen-bond donors (Lipinski definition) is 0. The van der Waals surface area contributed by atoms with Gasteiger partial charge in [-0.2, -0.15) is 0 Å². The Labute approximate surface area is 107 Å². The van der Waals surface area contributed by atoms with Crippen LogP contribution in [0.15, 0.2) is 45.6 Å². The maximum atomic E-state index is 5.30. The number of rotatable bonds is 7. The van der Waals surface area contributed by atoms with Crippen LogP contribution in [0.25, 0.3) is 0 Å². The average Bonchev–Trinajstić information content (AvgIpc) is 2.96. The third kappa shape index (κ3) is 4.23. The molecule has 0 radical (unpaired) electrons. The Morgan fingerprint density at radius 2 is 1.31 bits per heavy atom. The molecule has 0 N–H and O–H groups in total. The molecule has 0 saturated carbocycles. The van der Waals surface area contributed by atoms with Gasteiger partial charge in [0.05, 0.1) is 0 Å². The summed E-state index contributed by atoms with van der Waals surface area (Å²) in [5, 5.41) is 2.61. The Balaban J connectivity index is 1.49. The van der Waals surface area contributed by atoms with E-state index < -0.39 is 0 Å². The monoisotopic (exact) mass is 350 g/mol. The first kappa shape index (κ1) is 12.1. The van der Waals surface area contributed by atoms with Crippen molar-refractivity contribution in [2.75, 3.05) is 0 Å². The predicted molar refractivity (Wildman–Crippen MR) is 65.9 cm³/mol. The molecule has 16 heavy (non-hydrogen) atoms. The fourth-order valence-corrected chi connectivity index (χ4v) is 7.39. The molecule has 0 bridgehead atoms. The van der Waals surface area contributed by atoms with Gasteiger partial charge in [0, 0.05) is 0 Å². The first-order valence-corrected chi connectivity index (χ1v) is 12.0. The van der Waals surface area contributed by atoms with E-state index in [0.29, 0.717) is 0 Å². The maximum absolute atomic E-state index is 5.30. The number of furan rings is 2. The Morgan fingerprint density at radius 1 is 0.812 bits per heavy atom. The zero-order chi connectivity index (χ0) is 11.1. The first-order chi connectivity index (χ1) is 7.95. The van der Waals surface area contributed by atoms with Gasteiger partial charge in [0.1, 0.15) is 0 Å². The Morgan fingerprint density at radius 3 is 1.69 bits per heavy atom. The van der Waals surface area contributed by atoms with Crippen molar-refractivity contribution in [2.45, 2.75) is 23.5 Å². The van der Waals surface area contributed by atoms with Crippen LogP contribution in [0.1, 0.15) is 11.5 Å². The molecule has 4 heteroatoms. The molecule has 2 aromatic rings. The van der Waals surface area contributed by atoms with E-state index in [4.69, 9.17) is 8.83 Å². The summed E-state index contributed by atoms with van der Waals surface area (Å²) in [6, 6.07) is 8.05. The summed E-state index contributed by atoms with van der Waals surface area (Å²) in [5.41, 5.74) is 0. The van der Waals surface area contributed by atoms with Crippen LogP contribution < -0.4 is 0 Å². The van der Waals surface area contributed by atoms with E-state index >= 15 is 0 Å². The van der Waals surface area contributed by atoms with Crippen molar-refractivity contribution in [3.63, 3.8) is 0 Å². The first-order valence-electron chi connectivity index (χ1n) is 5.24. The SMILES string of the molecule is c1coc(CC[Se][Se]CCc2ccco2)c1. The summed E-state index contributed by atoms with van der Waals surface area (Å²) in [7, 11) is 0. The van der Waals surface area contributed by atoms with Crippen LogP contribution in [0, 0.1) is 0 Å². The summed E-state index contributed by atoms with van der Waals surface area (Å²) in [6.45, 7) is 0. The van der Waals surface area contributed by atoms with Gasteiger partial charge in [-0.3, -0.25) is 0 Å². The molecule has 0 atom stereocenters. The molecular formula is C12H14O2Se2. The molecule has 0 aliphatic carbocycles. The molecule has 2 aromatic heterocycles. The molecule has 0 aromatic carbocycles. The van der Waals surface area contributed by atoms with Gasteiger partial charge in [-0.15, -0.1) is 0 Å². The molecule has 0 unspecified atom stereocenters. The zero-order valence-corrected chi connectivity index (χ0v) is 12.4. The van der Waals surface area contributed by atoms with Crippen LogP contribution in [0.3, 0.4) is 0 Å². The van der Waals surface area contributed by atoms with Gasteiger partial charge in [0.15, 0.2) is 0 Å². The second kappa shape index (κ2) is 7.03. The van der Waals surface area contributed by atoms with E-state index in [1.807, 2.05) is 12.1 Å². The van der Waals surface area contributed by atoms with Gasteiger partial charge in [-0.25, -0.2) is 0 Å². The summed E-state index contributed by atoms with van der Waals surface area (Å²) in [4.78, 5) is 0. The van der Waals surface area contributed by atoms with Gasteiger partial charge in [-0.1, -0.05) is 0 Å². The van der Waals surface area contributed by atoms with E-state index in [1.54, 1.807) is 12.5 Å². The molecule has 0 amide bonds. The van der Waals surface area contributed by atoms with E-state index in [-0.39, 0.29) is 0 Å². The molecule has 86 valence electrons. The van der Waals surface area contributed by atoms with E-state index in [2.05, 4.69) is 12.1 Å². The molecule has 2 rings (SSSR count). The second-order valence-electron chi connectivity index (χ2n) is 3.30. The molecule has 0 saturated heterocycles. The molecule has 2 nitrogen and oxygen atoms in total. The second-order valence-corrected chi connectivity index (χ2v) is 11.1. The normalized spacial score (nSPS) is 10.8. The van der Waals surface area contributed by atoms with Crippen molar-refractivity contribution < 1.29 is 8.83 Å². The number of aryl methyl sites for hydroxylation is 2. The van der Waals surface area contributed by atoms with Crippen LogP contribution in [-0.4, -0.2) is 26.3 Å². The van der Waals surface area contributed by atoms with Gasteiger partial charge >= 0.3 is 107 Å². The molecular weight excluding hydrogens is 334 g/mol. The molecule has 0 fully saturated rings. The van der Waals surface area contributed by atoms with Crippen molar-refractivity contribution in [1.82, 2.24) is 0 Å². The molecule has 0 aliphatic heterocycles. The third-order valence-corrected chi connectivity index (χ3v) is 9.46. The standard InChI is InChI=1S/C12H14O2Se2/c1-3-11(13-7-1)5-9-15-16-10-6-12-4-2-8-14-12/h1-4,7-8H,5-6,9-10H2. The van der Waals surface area contributed by atoms with Gasteiger partial charge in [0.2, 0.25) is 0 Å². The topological polar surface area (TPSA) is 26.3 Å². The van der Waals surface area contributed by atoms with Gasteiger partial charge in [-0.05, 0) is 0 Å². The fourth-order valence-electron chi connectivity index (χ4n) is 1.31. The van der Waals surface area contributed by atoms with Crippen molar-refractivity contribution in [3.8, 4) is 0 Å². The Kier molecular flexibility index (Phi) is 5.30. The van der Waals surface area contributed by atoms with Crippen LogP contribution >= 0.6 is 0 Å². The van der Waals surface area contributed by atoms with Crippen molar-refractivity contribution in [1.29, 1.82) is 0 Å². The Bertz CT molecular complexity index is 329. The third-order valence-electron chi connectivity index (χ3n) is 2.11. The summed E-state index contributed by atoms with van der Waals surface area (Å²) in [5.74, 6) is 2.26. The summed E-state index contributed by atoms with van der Waals surface area (Å²) < 4.78 is 10.6. The van der Waals surface area contributed by atoms with Crippen molar-refractivity contribution >= 4 is 26.3 Å². The van der Waals surface area contributed by atoms with Crippen LogP contribution in [0.5, 0.6) is 0 Å². The summed E-state index contributed by atoms with van der Waals surface area (Å²) in [6.07, 6.45) is 5.72. The number of hydrogen-bond acceptors (Lipinski definition) is 2. The van der Waals surface area contributed by atoms with E-state index in [0.717, 1.165) is 50.6 Å². The van der Waals surface area contributed by atoms with E-state index in [9.17, 15) is 0 Å². The predicted octanol–water partition coefficient (Wildman–Crippen LogP) is 2.82. The Hall–Kier alpha value is -0.401. The van der Waals surface area contributed by atoms with Gasteiger partial charge < -0.3 is 0 Å². The zero-order valence-electron chi connectivity index (χ0n) is 8.93. The van der Waals surface area contributed by atoms with Crippen LogP contribution in [0.2, 0.25) is 10.6 Å². The quantitative estimate of drug-likeness (QED) is 0.568. The molecule has 0 aliphatic rings. The molecule has 0 spiro atoms. The minimum atomic E-state index is 0.798. The minimum absolute atomic E-state index is 0.798. The summed E-state index contributed by atoms with van der Waals surface area (Å²) >= 11 is 1.60. The van der Waals surface area contributed by atoms with E-state index in [1.165, 1.54) is 10.6 Å². The fraction of sp³-hybridized carbons (Fsp3) is 0.333.